The van der Waals surface area contributed by atoms with Crippen molar-refractivity contribution < 1.29 is 14.3 Å². The molecule has 1 fully saturated rings. The number of carbonyl (C=O) groups excluding carboxylic acids is 1. The summed E-state index contributed by atoms with van der Waals surface area (Å²) in [6.07, 6.45) is 5.17. The number of ether oxygens (including phenoxy) is 2. The van der Waals surface area contributed by atoms with Crippen LogP contribution in [0.1, 0.15) is 50.3 Å². The lowest BCUT2D eigenvalue weighted by molar-refractivity contribution is -0.123. The lowest BCUT2D eigenvalue weighted by atomic mass is 9.69. The van der Waals surface area contributed by atoms with Gasteiger partial charge in [-0.2, -0.15) is 0 Å². The Hall–Kier alpha value is -3.41. The van der Waals surface area contributed by atoms with E-state index < -0.39 is 5.41 Å². The minimum absolute atomic E-state index is 0.107. The molecule has 3 aromatic rings. The maximum atomic E-state index is 13.1. The molecule has 194 valence electrons. The molecule has 1 amide bonds. The lowest BCUT2D eigenvalue weighted by Gasteiger charge is -2.50. The Morgan fingerprint density at radius 2 is 1.57 bits per heavy atom. The molecular weight excluding hydrogens is 460 g/mol. The van der Waals surface area contributed by atoms with Gasteiger partial charge >= 0.3 is 0 Å². The molecule has 0 aromatic heterocycles. The first-order valence-corrected chi connectivity index (χ1v) is 13.0. The summed E-state index contributed by atoms with van der Waals surface area (Å²) in [5.41, 5.74) is 8.15. The zero-order chi connectivity index (χ0) is 26.3. The number of nitrogens with two attached hydrogens (primary N) is 1. The van der Waals surface area contributed by atoms with Crippen LogP contribution in [0.4, 0.5) is 0 Å². The topological polar surface area (TPSA) is 64.8 Å². The molecule has 1 aliphatic rings. The van der Waals surface area contributed by atoms with E-state index in [-0.39, 0.29) is 17.6 Å². The maximum absolute atomic E-state index is 13.1. The Balaban J connectivity index is 1.39. The standard InChI is InChI=1S/C32H38N2O3/c1-4-20-36-28-17-11-12-25(21-28)24-37-29-22-34(23-29)31(2,3)18-19-32(30(33)35,26-13-7-5-8-14-26)27-15-9-6-10-16-27/h4-17,20-21,29H,18-19,22-24H2,1-3H3,(H2,33,35)/b20-4+. The van der Waals surface area contributed by atoms with E-state index in [4.69, 9.17) is 15.2 Å². The van der Waals surface area contributed by atoms with Crippen LogP contribution in [0.25, 0.3) is 0 Å². The Morgan fingerprint density at radius 3 is 2.14 bits per heavy atom. The number of nitrogens with zero attached hydrogens (tertiary/aromatic N) is 1. The number of primary amides is 1. The molecular formula is C32H38N2O3. The zero-order valence-electron chi connectivity index (χ0n) is 22.1. The maximum Gasteiger partial charge on any atom is 0.232 e. The first-order chi connectivity index (χ1) is 17.8. The highest BCUT2D eigenvalue weighted by Crippen LogP contribution is 2.40. The molecule has 0 radical (unpaired) electrons. The van der Waals surface area contributed by atoms with E-state index in [0.717, 1.165) is 42.0 Å². The predicted octanol–water partition coefficient (Wildman–Crippen LogP) is 5.83. The smallest absolute Gasteiger partial charge is 0.232 e. The van der Waals surface area contributed by atoms with E-state index in [9.17, 15) is 4.79 Å². The van der Waals surface area contributed by atoms with Gasteiger partial charge in [0.2, 0.25) is 5.91 Å². The fourth-order valence-electron chi connectivity index (χ4n) is 5.07. The van der Waals surface area contributed by atoms with Crippen molar-refractivity contribution in [3.05, 3.63) is 114 Å². The third-order valence-electron chi connectivity index (χ3n) is 7.49. The van der Waals surface area contributed by atoms with E-state index >= 15 is 0 Å². The molecule has 0 atom stereocenters. The second-order valence-electron chi connectivity index (χ2n) is 10.4. The third kappa shape index (κ3) is 6.12. The average molecular weight is 499 g/mol. The number of benzene rings is 3. The third-order valence-corrected chi connectivity index (χ3v) is 7.49. The van der Waals surface area contributed by atoms with Crippen LogP contribution < -0.4 is 10.5 Å². The van der Waals surface area contributed by atoms with Crippen molar-refractivity contribution in [1.82, 2.24) is 4.90 Å². The van der Waals surface area contributed by atoms with Gasteiger partial charge in [0, 0.05) is 18.6 Å². The highest BCUT2D eigenvalue weighted by atomic mass is 16.5. The summed E-state index contributed by atoms with van der Waals surface area (Å²) < 4.78 is 11.7. The van der Waals surface area contributed by atoms with Gasteiger partial charge in [0.1, 0.15) is 5.75 Å². The van der Waals surface area contributed by atoms with Gasteiger partial charge in [0.25, 0.3) is 0 Å². The van der Waals surface area contributed by atoms with Gasteiger partial charge in [0.15, 0.2) is 0 Å². The minimum atomic E-state index is -0.874. The number of likely N-dealkylation sites (tertiary alicyclic amines) is 1. The van der Waals surface area contributed by atoms with E-state index in [0.29, 0.717) is 13.0 Å². The monoisotopic (exact) mass is 498 g/mol. The first-order valence-electron chi connectivity index (χ1n) is 13.0. The van der Waals surface area contributed by atoms with Crippen LogP contribution in [0.2, 0.25) is 0 Å². The van der Waals surface area contributed by atoms with Crippen LogP contribution in [-0.4, -0.2) is 35.5 Å². The normalized spacial score (nSPS) is 15.0. The number of carbonyl (C=O) groups is 1. The summed E-state index contributed by atoms with van der Waals surface area (Å²) in [5, 5.41) is 0. The van der Waals surface area contributed by atoms with Gasteiger partial charge in [-0.1, -0.05) is 78.9 Å². The molecule has 2 N–H and O–H groups in total. The van der Waals surface area contributed by atoms with Crippen LogP contribution in [0.5, 0.6) is 5.75 Å². The Bertz CT molecular complexity index is 1150. The molecule has 0 bridgehead atoms. The Morgan fingerprint density at radius 1 is 0.946 bits per heavy atom. The van der Waals surface area contributed by atoms with E-state index in [1.54, 1.807) is 6.26 Å². The summed E-state index contributed by atoms with van der Waals surface area (Å²) in [6.45, 7) is 8.69. The van der Waals surface area contributed by atoms with E-state index in [2.05, 4.69) is 24.8 Å². The molecule has 1 aliphatic heterocycles. The molecule has 5 heteroatoms. The van der Waals surface area contributed by atoms with Crippen LogP contribution in [0.3, 0.4) is 0 Å². The molecule has 0 saturated carbocycles. The summed E-state index contributed by atoms with van der Waals surface area (Å²) in [4.78, 5) is 15.6. The fraction of sp³-hybridized carbons (Fsp3) is 0.344. The number of hydrogen-bond donors (Lipinski definition) is 1. The Labute approximate surface area is 220 Å². The molecule has 0 spiro atoms. The quantitative estimate of drug-likeness (QED) is 0.319. The molecule has 1 saturated heterocycles. The first kappa shape index (κ1) is 26.6. The highest BCUT2D eigenvalue weighted by Gasteiger charge is 2.44. The van der Waals surface area contributed by atoms with Gasteiger partial charge in [-0.3, -0.25) is 9.69 Å². The van der Waals surface area contributed by atoms with Gasteiger partial charge in [-0.25, -0.2) is 0 Å². The second-order valence-corrected chi connectivity index (χ2v) is 10.4. The second kappa shape index (κ2) is 11.8. The summed E-state index contributed by atoms with van der Waals surface area (Å²) >= 11 is 0. The molecule has 4 rings (SSSR count). The molecule has 3 aromatic carbocycles. The largest absolute Gasteiger partial charge is 0.465 e. The van der Waals surface area contributed by atoms with Crippen molar-refractivity contribution in [3.63, 3.8) is 0 Å². The summed E-state index contributed by atoms with van der Waals surface area (Å²) in [7, 11) is 0. The summed E-state index contributed by atoms with van der Waals surface area (Å²) in [5.74, 6) is 0.497. The predicted molar refractivity (Wildman–Crippen MR) is 148 cm³/mol. The molecule has 0 aliphatic carbocycles. The fourth-order valence-corrected chi connectivity index (χ4v) is 5.07. The molecule has 0 unspecified atom stereocenters. The number of allylic oxidation sites excluding steroid dienone is 1. The van der Waals surface area contributed by atoms with Crippen LogP contribution >= 0.6 is 0 Å². The van der Waals surface area contributed by atoms with Crippen molar-refractivity contribution in [2.75, 3.05) is 13.1 Å². The van der Waals surface area contributed by atoms with Gasteiger partial charge in [0.05, 0.1) is 24.4 Å². The number of amides is 1. The molecule has 1 heterocycles. The Kier molecular flexibility index (Phi) is 8.47. The zero-order valence-corrected chi connectivity index (χ0v) is 22.1. The SMILES string of the molecule is C/C=C/Oc1cccc(COC2CN(C(C)(C)CCC(C(N)=O)(c3ccccc3)c3ccccc3)C2)c1. The van der Waals surface area contributed by atoms with Crippen LogP contribution in [-0.2, 0) is 21.6 Å². The lowest BCUT2D eigenvalue weighted by Crippen LogP contribution is -2.61. The number of hydrogen-bond acceptors (Lipinski definition) is 4. The molecule has 5 nitrogen and oxygen atoms in total. The summed E-state index contributed by atoms with van der Waals surface area (Å²) in [6, 6.07) is 27.9. The van der Waals surface area contributed by atoms with Gasteiger partial charge < -0.3 is 15.2 Å². The molecule has 37 heavy (non-hydrogen) atoms. The van der Waals surface area contributed by atoms with Crippen molar-refractivity contribution in [2.24, 2.45) is 5.73 Å². The minimum Gasteiger partial charge on any atom is -0.465 e. The van der Waals surface area contributed by atoms with E-state index in [1.165, 1.54) is 0 Å². The van der Waals surface area contributed by atoms with Crippen molar-refractivity contribution >= 4 is 5.91 Å². The van der Waals surface area contributed by atoms with Crippen molar-refractivity contribution in [1.29, 1.82) is 0 Å². The van der Waals surface area contributed by atoms with E-state index in [1.807, 2.05) is 91.9 Å². The van der Waals surface area contributed by atoms with Crippen molar-refractivity contribution in [2.45, 2.75) is 57.3 Å². The van der Waals surface area contributed by atoms with Crippen LogP contribution in [0.15, 0.2) is 97.3 Å². The highest BCUT2D eigenvalue weighted by molar-refractivity contribution is 5.90. The number of rotatable bonds is 12. The van der Waals surface area contributed by atoms with Crippen molar-refractivity contribution in [3.8, 4) is 5.75 Å². The average Bonchev–Trinajstić information content (AvgIpc) is 2.88. The van der Waals surface area contributed by atoms with Gasteiger partial charge in [-0.05, 0) is 62.4 Å². The van der Waals surface area contributed by atoms with Crippen LogP contribution in [0, 0.1) is 0 Å². The van der Waals surface area contributed by atoms with Gasteiger partial charge in [-0.15, -0.1) is 0 Å².